The molecule has 0 bridgehead atoms. The second-order valence-corrected chi connectivity index (χ2v) is 8.38. The molecule has 0 fully saturated rings. The molecule has 2 amide bonds. The van der Waals surface area contributed by atoms with E-state index < -0.39 is 0 Å². The molecule has 8 heteroatoms. The van der Waals surface area contributed by atoms with Gasteiger partial charge < -0.3 is 25.4 Å². The monoisotopic (exact) mass is 495 g/mol. The highest BCUT2D eigenvalue weighted by atomic mass is 35.5. The molecular weight excluding hydrogens is 466 g/mol. The smallest absolute Gasteiger partial charge is 0.254 e. The number of nitrogens with two attached hydrogens (primary N) is 1. The quantitative estimate of drug-likeness (QED) is 0.407. The summed E-state index contributed by atoms with van der Waals surface area (Å²) in [5, 5.41) is 3.42. The van der Waals surface area contributed by atoms with E-state index in [1.54, 1.807) is 61.6 Å². The first-order chi connectivity index (χ1) is 16.9. The number of ether oxygens (including phenoxy) is 2. The molecule has 0 saturated heterocycles. The Morgan fingerprint density at radius 2 is 1.57 bits per heavy atom. The standard InChI is InChI=1S/C27H30ClN3O4/c1-34-23-9-4-19(5-10-23)16-26(32)30-22-8-13-25(28)21(17-22)18-31(15-3-14-29)27(33)20-6-11-24(35-2)12-7-20/h4-13,17H,3,14-16,18,29H2,1-2H3,(H,30,32). The zero-order valence-corrected chi connectivity index (χ0v) is 20.7. The van der Waals surface area contributed by atoms with Gasteiger partial charge in [0.2, 0.25) is 5.91 Å². The van der Waals surface area contributed by atoms with Gasteiger partial charge in [-0.05, 0) is 78.7 Å². The second-order valence-electron chi connectivity index (χ2n) is 7.98. The number of nitrogens with zero attached hydrogens (tertiary/aromatic N) is 1. The van der Waals surface area contributed by atoms with Crippen molar-refractivity contribution in [2.24, 2.45) is 5.73 Å². The summed E-state index contributed by atoms with van der Waals surface area (Å²) >= 11 is 6.46. The number of amides is 2. The van der Waals surface area contributed by atoms with Crippen LogP contribution in [0.4, 0.5) is 5.69 Å². The Morgan fingerprint density at radius 1 is 0.943 bits per heavy atom. The van der Waals surface area contributed by atoms with Gasteiger partial charge in [-0.15, -0.1) is 0 Å². The van der Waals surface area contributed by atoms with Gasteiger partial charge >= 0.3 is 0 Å². The molecule has 0 aliphatic carbocycles. The number of carbonyl (C=O) groups is 2. The molecule has 184 valence electrons. The largest absolute Gasteiger partial charge is 0.497 e. The van der Waals surface area contributed by atoms with Gasteiger partial charge in [-0.2, -0.15) is 0 Å². The van der Waals surface area contributed by atoms with E-state index in [1.165, 1.54) is 0 Å². The van der Waals surface area contributed by atoms with Crippen LogP contribution < -0.4 is 20.5 Å². The van der Waals surface area contributed by atoms with E-state index in [0.29, 0.717) is 41.5 Å². The number of hydrogen-bond acceptors (Lipinski definition) is 5. The highest BCUT2D eigenvalue weighted by Crippen LogP contribution is 2.24. The molecule has 0 heterocycles. The van der Waals surface area contributed by atoms with E-state index in [0.717, 1.165) is 16.9 Å². The van der Waals surface area contributed by atoms with Crippen molar-refractivity contribution in [2.75, 3.05) is 32.6 Å². The van der Waals surface area contributed by atoms with Crippen LogP contribution in [-0.2, 0) is 17.8 Å². The molecule has 3 aromatic carbocycles. The molecule has 3 N–H and O–H groups in total. The molecule has 0 aliphatic heterocycles. The zero-order chi connectivity index (χ0) is 25.2. The van der Waals surface area contributed by atoms with E-state index in [2.05, 4.69) is 5.32 Å². The maximum Gasteiger partial charge on any atom is 0.254 e. The first kappa shape index (κ1) is 26.1. The Bertz CT molecular complexity index is 1130. The number of anilines is 1. The third-order valence-electron chi connectivity index (χ3n) is 5.47. The number of methoxy groups -OCH3 is 2. The van der Waals surface area contributed by atoms with E-state index in [9.17, 15) is 9.59 Å². The van der Waals surface area contributed by atoms with E-state index in [1.807, 2.05) is 24.3 Å². The fraction of sp³-hybridized carbons (Fsp3) is 0.259. The average molecular weight is 496 g/mol. The Morgan fingerprint density at radius 3 is 2.17 bits per heavy atom. The van der Waals surface area contributed by atoms with Gasteiger partial charge in [-0.25, -0.2) is 0 Å². The normalized spacial score (nSPS) is 10.5. The predicted molar refractivity (Wildman–Crippen MR) is 138 cm³/mol. The molecule has 0 aliphatic rings. The molecule has 0 saturated carbocycles. The molecule has 3 rings (SSSR count). The van der Waals surface area contributed by atoms with Crippen molar-refractivity contribution in [1.29, 1.82) is 0 Å². The van der Waals surface area contributed by atoms with Crippen LogP contribution in [0.2, 0.25) is 5.02 Å². The first-order valence-corrected chi connectivity index (χ1v) is 11.7. The highest BCUT2D eigenvalue weighted by molar-refractivity contribution is 6.31. The van der Waals surface area contributed by atoms with E-state index >= 15 is 0 Å². The third-order valence-corrected chi connectivity index (χ3v) is 5.84. The van der Waals surface area contributed by atoms with Crippen LogP contribution in [0.25, 0.3) is 0 Å². The second kappa shape index (κ2) is 12.8. The van der Waals surface area contributed by atoms with Gasteiger partial charge in [-0.1, -0.05) is 23.7 Å². The van der Waals surface area contributed by atoms with Gasteiger partial charge in [0.15, 0.2) is 0 Å². The number of hydrogen-bond donors (Lipinski definition) is 2. The van der Waals surface area contributed by atoms with Crippen molar-refractivity contribution < 1.29 is 19.1 Å². The minimum Gasteiger partial charge on any atom is -0.497 e. The number of carbonyl (C=O) groups excluding carboxylic acids is 2. The summed E-state index contributed by atoms with van der Waals surface area (Å²) in [6, 6.07) is 19.6. The van der Waals surface area contributed by atoms with Crippen LogP contribution in [0, 0.1) is 0 Å². The summed E-state index contributed by atoms with van der Waals surface area (Å²) in [7, 11) is 3.18. The van der Waals surface area contributed by atoms with Crippen LogP contribution in [-0.4, -0.2) is 44.0 Å². The summed E-state index contributed by atoms with van der Waals surface area (Å²) in [4.78, 5) is 27.5. The third kappa shape index (κ3) is 7.47. The zero-order valence-electron chi connectivity index (χ0n) is 19.9. The van der Waals surface area contributed by atoms with Crippen LogP contribution in [0.1, 0.15) is 27.9 Å². The SMILES string of the molecule is COc1ccc(CC(=O)Nc2ccc(Cl)c(CN(CCCN)C(=O)c3ccc(OC)cc3)c2)cc1. The minimum absolute atomic E-state index is 0.133. The van der Waals surface area contributed by atoms with Crippen LogP contribution >= 0.6 is 11.6 Å². The van der Waals surface area contributed by atoms with Crippen LogP contribution in [0.5, 0.6) is 11.5 Å². The van der Waals surface area contributed by atoms with Crippen LogP contribution in [0.15, 0.2) is 66.7 Å². The molecule has 0 atom stereocenters. The van der Waals surface area contributed by atoms with Crippen molar-refractivity contribution in [3.63, 3.8) is 0 Å². The summed E-state index contributed by atoms with van der Waals surface area (Å²) in [6.45, 7) is 1.22. The Balaban J connectivity index is 1.72. The van der Waals surface area contributed by atoms with Crippen LogP contribution in [0.3, 0.4) is 0 Å². The molecule has 35 heavy (non-hydrogen) atoms. The lowest BCUT2D eigenvalue weighted by atomic mass is 10.1. The van der Waals surface area contributed by atoms with Gasteiger partial charge in [0.1, 0.15) is 11.5 Å². The number of halogens is 1. The van der Waals surface area contributed by atoms with E-state index in [4.69, 9.17) is 26.8 Å². The van der Waals surface area contributed by atoms with Gasteiger partial charge in [0.05, 0.1) is 20.6 Å². The highest BCUT2D eigenvalue weighted by Gasteiger charge is 2.18. The average Bonchev–Trinajstić information content (AvgIpc) is 2.88. The Hall–Kier alpha value is -3.55. The minimum atomic E-state index is -0.155. The molecule has 0 unspecified atom stereocenters. The van der Waals surface area contributed by atoms with Gasteiger partial charge in [0, 0.05) is 29.4 Å². The van der Waals surface area contributed by atoms with Crippen molar-refractivity contribution >= 4 is 29.1 Å². The molecule has 7 nitrogen and oxygen atoms in total. The summed E-state index contributed by atoms with van der Waals surface area (Å²) < 4.78 is 10.3. The molecule has 0 spiro atoms. The Kier molecular flexibility index (Phi) is 9.52. The fourth-order valence-corrected chi connectivity index (χ4v) is 3.74. The Labute approximate surface area is 210 Å². The summed E-state index contributed by atoms with van der Waals surface area (Å²) in [5.74, 6) is 1.12. The summed E-state index contributed by atoms with van der Waals surface area (Å²) in [6.07, 6.45) is 0.873. The lowest BCUT2D eigenvalue weighted by molar-refractivity contribution is -0.115. The topological polar surface area (TPSA) is 93.9 Å². The molecule has 3 aromatic rings. The van der Waals surface area contributed by atoms with Crippen molar-refractivity contribution in [1.82, 2.24) is 4.90 Å². The maximum atomic E-state index is 13.2. The molecular formula is C27H30ClN3O4. The van der Waals surface area contributed by atoms with Gasteiger partial charge in [0.25, 0.3) is 5.91 Å². The molecule has 0 radical (unpaired) electrons. The van der Waals surface area contributed by atoms with Crippen molar-refractivity contribution in [3.05, 3.63) is 88.4 Å². The first-order valence-electron chi connectivity index (χ1n) is 11.3. The summed E-state index contributed by atoms with van der Waals surface area (Å²) in [5.41, 5.74) is 8.45. The van der Waals surface area contributed by atoms with Gasteiger partial charge in [-0.3, -0.25) is 9.59 Å². The molecule has 0 aromatic heterocycles. The lowest BCUT2D eigenvalue weighted by Gasteiger charge is -2.24. The number of rotatable bonds is 11. The van der Waals surface area contributed by atoms with Crippen molar-refractivity contribution in [2.45, 2.75) is 19.4 Å². The predicted octanol–water partition coefficient (Wildman–Crippen LogP) is 4.53. The maximum absolute atomic E-state index is 13.2. The number of benzene rings is 3. The van der Waals surface area contributed by atoms with E-state index in [-0.39, 0.29) is 24.8 Å². The fourth-order valence-electron chi connectivity index (χ4n) is 3.56. The number of nitrogens with one attached hydrogen (secondary N) is 1. The van der Waals surface area contributed by atoms with Crippen molar-refractivity contribution in [3.8, 4) is 11.5 Å². The lowest BCUT2D eigenvalue weighted by Crippen LogP contribution is -2.32.